The van der Waals surface area contributed by atoms with Crippen molar-refractivity contribution in [1.82, 2.24) is 0 Å². The molecular formula is C11H19N3O3S. The van der Waals surface area contributed by atoms with Gasteiger partial charge in [0.15, 0.2) is 0 Å². The highest BCUT2D eigenvalue weighted by molar-refractivity contribution is 7.90. The summed E-state index contributed by atoms with van der Waals surface area (Å²) >= 11 is 0. The highest BCUT2D eigenvalue weighted by Crippen LogP contribution is 2.16. The van der Waals surface area contributed by atoms with E-state index in [9.17, 15) is 8.42 Å². The Morgan fingerprint density at radius 3 is 2.67 bits per heavy atom. The van der Waals surface area contributed by atoms with Crippen LogP contribution in [-0.2, 0) is 14.9 Å². The number of rotatable bonds is 7. The molecule has 102 valence electrons. The van der Waals surface area contributed by atoms with E-state index >= 15 is 0 Å². The lowest BCUT2D eigenvalue weighted by Gasteiger charge is -2.13. The molecule has 0 aromatic heterocycles. The zero-order chi connectivity index (χ0) is 13.6. The molecule has 6 nitrogen and oxygen atoms in total. The molecule has 1 aromatic rings. The summed E-state index contributed by atoms with van der Waals surface area (Å²) < 4.78 is 29.0. The van der Waals surface area contributed by atoms with E-state index in [-0.39, 0.29) is 0 Å². The molecule has 0 aliphatic rings. The fourth-order valence-electron chi connectivity index (χ4n) is 1.49. The van der Waals surface area contributed by atoms with Crippen molar-refractivity contribution in [2.45, 2.75) is 6.92 Å². The number of nitrogens with two attached hydrogens (primary N) is 1. The van der Waals surface area contributed by atoms with Crippen LogP contribution in [0.1, 0.15) is 6.92 Å². The summed E-state index contributed by atoms with van der Waals surface area (Å²) in [6.45, 7) is 3.47. The van der Waals surface area contributed by atoms with Gasteiger partial charge in [-0.05, 0) is 24.1 Å². The van der Waals surface area contributed by atoms with Gasteiger partial charge in [-0.1, -0.05) is 13.0 Å². The maximum atomic E-state index is 10.9. The van der Waals surface area contributed by atoms with E-state index in [1.165, 1.54) is 0 Å². The SMILES string of the molecule is COCC(C)CNc1cccc(NS(N)(=O)=O)c1. The average molecular weight is 273 g/mol. The van der Waals surface area contributed by atoms with Crippen molar-refractivity contribution in [3.8, 4) is 0 Å². The van der Waals surface area contributed by atoms with Crippen LogP contribution in [0.15, 0.2) is 24.3 Å². The van der Waals surface area contributed by atoms with Gasteiger partial charge >= 0.3 is 0 Å². The van der Waals surface area contributed by atoms with Gasteiger partial charge in [-0.3, -0.25) is 4.72 Å². The van der Waals surface area contributed by atoms with Gasteiger partial charge in [0.25, 0.3) is 10.2 Å². The summed E-state index contributed by atoms with van der Waals surface area (Å²) in [4.78, 5) is 0. The molecule has 0 amide bonds. The average Bonchev–Trinajstić information content (AvgIpc) is 2.25. The molecule has 0 aliphatic heterocycles. The van der Waals surface area contributed by atoms with Gasteiger partial charge in [-0.2, -0.15) is 8.42 Å². The Balaban J connectivity index is 2.60. The molecule has 7 heteroatoms. The van der Waals surface area contributed by atoms with E-state index in [1.54, 1.807) is 25.3 Å². The second-order valence-corrected chi connectivity index (χ2v) is 5.46. The van der Waals surface area contributed by atoms with Gasteiger partial charge in [0.1, 0.15) is 0 Å². The Morgan fingerprint density at radius 1 is 1.39 bits per heavy atom. The highest BCUT2D eigenvalue weighted by Gasteiger charge is 2.04. The molecule has 0 aliphatic carbocycles. The predicted octanol–water partition coefficient (Wildman–Crippen LogP) is 0.996. The lowest BCUT2D eigenvalue weighted by Crippen LogP contribution is -2.21. The molecule has 1 aromatic carbocycles. The van der Waals surface area contributed by atoms with Crippen LogP contribution in [0.4, 0.5) is 11.4 Å². The molecule has 0 radical (unpaired) electrons. The Labute approximate surface area is 108 Å². The third-order valence-corrected chi connectivity index (χ3v) is 2.75. The molecule has 1 rings (SSSR count). The van der Waals surface area contributed by atoms with Crippen molar-refractivity contribution in [3.05, 3.63) is 24.3 Å². The Bertz CT molecular complexity index is 476. The summed E-state index contributed by atoms with van der Waals surface area (Å²) in [6, 6.07) is 6.92. The number of anilines is 2. The molecule has 0 saturated carbocycles. The zero-order valence-electron chi connectivity index (χ0n) is 10.5. The van der Waals surface area contributed by atoms with Crippen molar-refractivity contribution in [2.75, 3.05) is 30.3 Å². The molecule has 0 heterocycles. The fourth-order valence-corrected chi connectivity index (χ4v) is 1.95. The number of hydrogen-bond donors (Lipinski definition) is 3. The fraction of sp³-hybridized carbons (Fsp3) is 0.455. The van der Waals surface area contributed by atoms with Gasteiger partial charge in [0.2, 0.25) is 0 Å². The number of benzene rings is 1. The second kappa shape index (κ2) is 6.58. The van der Waals surface area contributed by atoms with E-state index in [2.05, 4.69) is 17.0 Å². The van der Waals surface area contributed by atoms with Gasteiger partial charge in [-0.25, -0.2) is 5.14 Å². The molecule has 1 unspecified atom stereocenters. The molecule has 18 heavy (non-hydrogen) atoms. The van der Waals surface area contributed by atoms with Crippen molar-refractivity contribution >= 4 is 21.6 Å². The van der Waals surface area contributed by atoms with E-state index in [0.717, 1.165) is 12.2 Å². The predicted molar refractivity (Wildman–Crippen MR) is 72.7 cm³/mol. The van der Waals surface area contributed by atoms with E-state index in [0.29, 0.717) is 18.2 Å². The maximum Gasteiger partial charge on any atom is 0.296 e. The van der Waals surface area contributed by atoms with E-state index in [1.807, 2.05) is 6.07 Å². The molecule has 4 N–H and O–H groups in total. The van der Waals surface area contributed by atoms with Crippen molar-refractivity contribution < 1.29 is 13.2 Å². The zero-order valence-corrected chi connectivity index (χ0v) is 11.3. The van der Waals surface area contributed by atoms with Crippen molar-refractivity contribution in [2.24, 2.45) is 11.1 Å². The van der Waals surface area contributed by atoms with Crippen LogP contribution in [0.25, 0.3) is 0 Å². The minimum absolute atomic E-state index is 0.366. The highest BCUT2D eigenvalue weighted by atomic mass is 32.2. The Kier molecular flexibility index (Phi) is 5.39. The van der Waals surface area contributed by atoms with Crippen molar-refractivity contribution in [1.29, 1.82) is 0 Å². The summed E-state index contributed by atoms with van der Waals surface area (Å²) in [5.41, 5.74) is 1.26. The summed E-state index contributed by atoms with van der Waals surface area (Å²) in [5.74, 6) is 0.366. The summed E-state index contributed by atoms with van der Waals surface area (Å²) in [5, 5.41) is 8.10. The standard InChI is InChI=1S/C11H19N3O3S/c1-9(8-17-2)7-13-10-4-3-5-11(6-10)14-18(12,15)16/h3-6,9,13-14H,7-8H2,1-2H3,(H2,12,15,16). The van der Waals surface area contributed by atoms with Crippen LogP contribution in [0.2, 0.25) is 0 Å². The van der Waals surface area contributed by atoms with Crippen LogP contribution < -0.4 is 15.2 Å². The van der Waals surface area contributed by atoms with Crippen LogP contribution in [0.5, 0.6) is 0 Å². The van der Waals surface area contributed by atoms with Crippen LogP contribution in [0, 0.1) is 5.92 Å². The third-order valence-electron chi connectivity index (χ3n) is 2.23. The maximum absolute atomic E-state index is 10.9. The van der Waals surface area contributed by atoms with Crippen molar-refractivity contribution in [3.63, 3.8) is 0 Å². The topological polar surface area (TPSA) is 93.4 Å². The normalized spacial score (nSPS) is 13.1. The monoisotopic (exact) mass is 273 g/mol. The smallest absolute Gasteiger partial charge is 0.296 e. The van der Waals surface area contributed by atoms with Gasteiger partial charge in [0, 0.05) is 19.3 Å². The first-order valence-corrected chi connectivity index (χ1v) is 7.09. The lowest BCUT2D eigenvalue weighted by molar-refractivity contribution is 0.164. The minimum Gasteiger partial charge on any atom is -0.385 e. The lowest BCUT2D eigenvalue weighted by atomic mass is 10.2. The summed E-state index contributed by atoms with van der Waals surface area (Å²) in [6.07, 6.45) is 0. The molecule has 0 bridgehead atoms. The summed E-state index contributed by atoms with van der Waals surface area (Å²) in [7, 11) is -2.07. The van der Waals surface area contributed by atoms with Crippen LogP contribution in [0.3, 0.4) is 0 Å². The third kappa shape index (κ3) is 5.85. The van der Waals surface area contributed by atoms with Gasteiger partial charge < -0.3 is 10.1 Å². The molecule has 0 spiro atoms. The first-order chi connectivity index (χ1) is 8.40. The molecule has 0 fully saturated rings. The molecular weight excluding hydrogens is 254 g/mol. The number of ether oxygens (including phenoxy) is 1. The Hall–Kier alpha value is -1.31. The largest absolute Gasteiger partial charge is 0.385 e. The van der Waals surface area contributed by atoms with E-state index < -0.39 is 10.2 Å². The number of hydrogen-bond acceptors (Lipinski definition) is 4. The first-order valence-electron chi connectivity index (χ1n) is 5.54. The Morgan fingerprint density at radius 2 is 2.06 bits per heavy atom. The molecule has 0 saturated heterocycles. The van der Waals surface area contributed by atoms with Gasteiger partial charge in [-0.15, -0.1) is 0 Å². The first kappa shape index (κ1) is 14.7. The molecule has 1 atom stereocenters. The van der Waals surface area contributed by atoms with Crippen LogP contribution in [-0.4, -0.2) is 28.7 Å². The van der Waals surface area contributed by atoms with Crippen LogP contribution >= 0.6 is 0 Å². The van der Waals surface area contributed by atoms with E-state index in [4.69, 9.17) is 9.88 Å². The second-order valence-electron chi connectivity index (χ2n) is 4.17. The number of nitrogens with one attached hydrogen (secondary N) is 2. The number of methoxy groups -OCH3 is 1. The quantitative estimate of drug-likeness (QED) is 0.691. The minimum atomic E-state index is -3.73. The van der Waals surface area contributed by atoms with Gasteiger partial charge in [0.05, 0.1) is 12.3 Å².